The topological polar surface area (TPSA) is 81.7 Å². The second-order valence-corrected chi connectivity index (χ2v) is 9.74. The van der Waals surface area contributed by atoms with Crippen molar-refractivity contribution in [3.05, 3.63) is 23.8 Å². The zero-order valence-electron chi connectivity index (χ0n) is 15.8. The molecule has 0 saturated heterocycles. The lowest BCUT2D eigenvalue weighted by Gasteiger charge is -2.36. The highest BCUT2D eigenvalue weighted by molar-refractivity contribution is 7.89. The van der Waals surface area contributed by atoms with Crippen LogP contribution in [-0.4, -0.2) is 34.2 Å². The molecule has 2 atom stereocenters. The van der Waals surface area contributed by atoms with Gasteiger partial charge in [-0.25, -0.2) is 13.1 Å². The smallest absolute Gasteiger partial charge is 0.212 e. The zero-order valence-corrected chi connectivity index (χ0v) is 16.6. The number of methoxy groups -OCH3 is 2. The number of ketones is 1. The minimum atomic E-state index is -3.59. The largest absolute Gasteiger partial charge is 0.493 e. The highest BCUT2D eigenvalue weighted by atomic mass is 32.2. The van der Waals surface area contributed by atoms with Crippen LogP contribution in [0.1, 0.15) is 38.7 Å². The summed E-state index contributed by atoms with van der Waals surface area (Å²) in [5.74, 6) is 1.42. The van der Waals surface area contributed by atoms with E-state index in [9.17, 15) is 13.2 Å². The fourth-order valence-corrected chi connectivity index (χ4v) is 6.48. The van der Waals surface area contributed by atoms with Gasteiger partial charge in [0.05, 0.1) is 20.0 Å². The molecule has 0 aromatic heterocycles. The van der Waals surface area contributed by atoms with Crippen molar-refractivity contribution in [1.82, 2.24) is 4.72 Å². The Morgan fingerprint density at radius 1 is 1.19 bits per heavy atom. The van der Waals surface area contributed by atoms with Crippen LogP contribution in [0, 0.1) is 16.7 Å². The van der Waals surface area contributed by atoms with Gasteiger partial charge in [-0.2, -0.15) is 0 Å². The average molecular weight is 381 g/mol. The number of nitrogens with one attached hydrogen (secondary N) is 1. The van der Waals surface area contributed by atoms with Gasteiger partial charge in [0.1, 0.15) is 5.78 Å². The van der Waals surface area contributed by atoms with E-state index in [1.807, 2.05) is 13.8 Å². The summed E-state index contributed by atoms with van der Waals surface area (Å²) in [6.45, 7) is 4.23. The number of carbonyl (C=O) groups is 1. The number of fused-ring (bicyclic) bond motifs is 2. The second-order valence-electron chi connectivity index (χ2n) is 7.94. The van der Waals surface area contributed by atoms with Gasteiger partial charge in [0.15, 0.2) is 11.5 Å². The zero-order chi connectivity index (χ0) is 19.2. The van der Waals surface area contributed by atoms with Crippen LogP contribution in [0.25, 0.3) is 0 Å². The molecule has 0 spiro atoms. The van der Waals surface area contributed by atoms with Crippen molar-refractivity contribution in [1.29, 1.82) is 0 Å². The molecule has 2 aliphatic carbocycles. The molecule has 2 bridgehead atoms. The summed E-state index contributed by atoms with van der Waals surface area (Å²) >= 11 is 0. The first-order chi connectivity index (χ1) is 12.1. The molecule has 6 nitrogen and oxygen atoms in total. The summed E-state index contributed by atoms with van der Waals surface area (Å²) < 4.78 is 38.6. The van der Waals surface area contributed by atoms with Crippen LogP contribution >= 0.6 is 0 Å². The van der Waals surface area contributed by atoms with Gasteiger partial charge in [-0.15, -0.1) is 0 Å². The van der Waals surface area contributed by atoms with Crippen LogP contribution in [-0.2, 0) is 21.4 Å². The normalized spacial score (nSPS) is 26.9. The molecule has 1 aromatic rings. The Bertz CT molecular complexity index is 817. The maximum Gasteiger partial charge on any atom is 0.212 e. The van der Waals surface area contributed by atoms with Gasteiger partial charge in [0, 0.05) is 18.4 Å². The van der Waals surface area contributed by atoms with Crippen molar-refractivity contribution < 1.29 is 22.7 Å². The summed E-state index contributed by atoms with van der Waals surface area (Å²) in [5, 5.41) is 0. The molecule has 7 heteroatoms. The predicted octanol–water partition coefficient (Wildman–Crippen LogP) is 2.52. The molecule has 0 heterocycles. The molecule has 0 unspecified atom stereocenters. The maximum absolute atomic E-state index is 12.7. The lowest BCUT2D eigenvalue weighted by atomic mass is 9.70. The number of hydrogen-bond donors (Lipinski definition) is 1. The van der Waals surface area contributed by atoms with Crippen molar-refractivity contribution in [2.45, 2.75) is 39.7 Å². The minimum Gasteiger partial charge on any atom is -0.493 e. The lowest BCUT2D eigenvalue weighted by Crippen LogP contribution is -2.45. The Morgan fingerprint density at radius 2 is 1.88 bits per heavy atom. The van der Waals surface area contributed by atoms with E-state index in [1.165, 1.54) is 7.11 Å². The Hall–Kier alpha value is -1.60. The van der Waals surface area contributed by atoms with Gasteiger partial charge < -0.3 is 9.47 Å². The number of rotatable bonds is 7. The van der Waals surface area contributed by atoms with Gasteiger partial charge in [-0.05, 0) is 41.9 Å². The number of hydrogen-bond acceptors (Lipinski definition) is 5. The lowest BCUT2D eigenvalue weighted by molar-refractivity contribution is -0.128. The monoisotopic (exact) mass is 381 g/mol. The van der Waals surface area contributed by atoms with Crippen molar-refractivity contribution in [2.24, 2.45) is 16.7 Å². The van der Waals surface area contributed by atoms with Gasteiger partial charge >= 0.3 is 0 Å². The van der Waals surface area contributed by atoms with Crippen LogP contribution in [0.2, 0.25) is 0 Å². The maximum atomic E-state index is 12.7. The van der Waals surface area contributed by atoms with Crippen LogP contribution in [0.4, 0.5) is 0 Å². The summed E-state index contributed by atoms with van der Waals surface area (Å²) in [6.07, 6.45) is 2.11. The van der Waals surface area contributed by atoms with E-state index in [1.54, 1.807) is 25.3 Å². The molecule has 144 valence electrons. The number of carbonyl (C=O) groups excluding carboxylic acids is 1. The van der Waals surface area contributed by atoms with E-state index in [0.29, 0.717) is 30.3 Å². The third-order valence-electron chi connectivity index (χ3n) is 6.52. The molecule has 2 fully saturated rings. The summed E-state index contributed by atoms with van der Waals surface area (Å²) in [6, 6.07) is 5.28. The van der Waals surface area contributed by atoms with E-state index in [4.69, 9.17) is 9.47 Å². The second kappa shape index (κ2) is 6.53. The molecule has 3 rings (SSSR count). The Labute approximate surface area is 155 Å². The molecule has 2 aliphatic rings. The van der Waals surface area contributed by atoms with E-state index in [2.05, 4.69) is 4.72 Å². The quantitative estimate of drug-likeness (QED) is 0.785. The minimum absolute atomic E-state index is 0.107. The SMILES string of the molecule is COc1ccc(CNS(=O)(=O)C[C@]23CC[C@@H](CC2=O)C3(C)C)cc1OC. The van der Waals surface area contributed by atoms with E-state index in [0.717, 1.165) is 12.0 Å². The molecule has 1 aromatic carbocycles. The van der Waals surface area contributed by atoms with Crippen LogP contribution in [0.15, 0.2) is 18.2 Å². The summed E-state index contributed by atoms with van der Waals surface area (Å²) in [4.78, 5) is 12.6. The standard InChI is InChI=1S/C19H27NO5S/c1-18(2)14-7-8-19(18,17(21)10-14)12-26(22,23)20-11-13-5-6-15(24-3)16(9-13)25-4/h5-6,9,14,20H,7-8,10-12H2,1-4H3/t14-,19+/m0/s1. The number of ether oxygens (including phenoxy) is 2. The Balaban J connectivity index is 1.73. The Morgan fingerprint density at radius 3 is 2.42 bits per heavy atom. The van der Waals surface area contributed by atoms with E-state index < -0.39 is 15.4 Å². The fourth-order valence-electron chi connectivity index (χ4n) is 4.67. The Kier molecular flexibility index (Phi) is 4.82. The van der Waals surface area contributed by atoms with E-state index in [-0.39, 0.29) is 23.5 Å². The molecule has 0 radical (unpaired) electrons. The van der Waals surface area contributed by atoms with Crippen molar-refractivity contribution >= 4 is 15.8 Å². The van der Waals surface area contributed by atoms with Gasteiger partial charge in [-0.1, -0.05) is 19.9 Å². The van der Waals surface area contributed by atoms with Crippen LogP contribution in [0.3, 0.4) is 0 Å². The molecular formula is C19H27NO5S. The molecule has 0 amide bonds. The molecule has 0 aliphatic heterocycles. The molecule has 2 saturated carbocycles. The number of Topliss-reactive ketones (excluding diaryl/α,β-unsaturated/α-hetero) is 1. The summed E-state index contributed by atoms with van der Waals surface area (Å²) in [5.41, 5.74) is -0.242. The first kappa shape index (κ1) is 19.2. The van der Waals surface area contributed by atoms with Crippen molar-refractivity contribution in [3.8, 4) is 11.5 Å². The first-order valence-electron chi connectivity index (χ1n) is 8.87. The predicted molar refractivity (Wildman–Crippen MR) is 98.7 cm³/mol. The van der Waals surface area contributed by atoms with Gasteiger partial charge in [-0.3, -0.25) is 4.79 Å². The third-order valence-corrected chi connectivity index (χ3v) is 7.98. The third kappa shape index (κ3) is 3.01. The number of sulfonamides is 1. The fraction of sp³-hybridized carbons (Fsp3) is 0.632. The molecule has 26 heavy (non-hydrogen) atoms. The van der Waals surface area contributed by atoms with Crippen LogP contribution in [0.5, 0.6) is 11.5 Å². The molecular weight excluding hydrogens is 354 g/mol. The first-order valence-corrected chi connectivity index (χ1v) is 10.5. The van der Waals surface area contributed by atoms with Gasteiger partial charge in [0.25, 0.3) is 0 Å². The molecule has 1 N–H and O–H groups in total. The van der Waals surface area contributed by atoms with Crippen LogP contribution < -0.4 is 14.2 Å². The van der Waals surface area contributed by atoms with E-state index >= 15 is 0 Å². The highest BCUT2D eigenvalue weighted by Crippen LogP contribution is 2.64. The van der Waals surface area contributed by atoms with Crippen molar-refractivity contribution in [2.75, 3.05) is 20.0 Å². The van der Waals surface area contributed by atoms with Crippen molar-refractivity contribution in [3.63, 3.8) is 0 Å². The van der Waals surface area contributed by atoms with Gasteiger partial charge in [0.2, 0.25) is 10.0 Å². The highest BCUT2D eigenvalue weighted by Gasteiger charge is 2.65. The summed E-state index contributed by atoms with van der Waals surface area (Å²) in [7, 11) is -0.502. The number of benzene rings is 1. The average Bonchev–Trinajstić information content (AvgIpc) is 2.93.